The zero-order chi connectivity index (χ0) is 35.9. The maximum Gasteiger partial charge on any atom is 0.359 e. The van der Waals surface area contributed by atoms with Crippen molar-refractivity contribution < 1.29 is 14.6 Å². The van der Waals surface area contributed by atoms with E-state index in [4.69, 9.17) is 9.95 Å². The molecule has 2 heterocycles. The van der Waals surface area contributed by atoms with Crippen molar-refractivity contribution in [2.45, 2.75) is 52.0 Å². The molecule has 0 saturated carbocycles. The fourth-order valence-corrected chi connectivity index (χ4v) is 7.06. The van der Waals surface area contributed by atoms with Gasteiger partial charge in [0.15, 0.2) is 11.5 Å². The van der Waals surface area contributed by atoms with Crippen LogP contribution in [0.4, 0.5) is 0 Å². The number of ether oxygens (including phenoxy) is 1. The van der Waals surface area contributed by atoms with Gasteiger partial charge >= 0.3 is 5.97 Å². The molecule has 0 atom stereocenters. The Morgan fingerprint density at radius 3 is 1.83 bits per heavy atom. The third kappa shape index (κ3) is 6.31. The van der Waals surface area contributed by atoms with Gasteiger partial charge in [0.25, 0.3) is 0 Å². The lowest BCUT2D eigenvalue weighted by molar-refractivity contribution is 0.0462. The van der Waals surface area contributed by atoms with Gasteiger partial charge in [-0.3, -0.25) is 0 Å². The van der Waals surface area contributed by atoms with Crippen LogP contribution in [0.5, 0.6) is 0 Å². The second-order valence-electron chi connectivity index (χ2n) is 12.5. The van der Waals surface area contributed by atoms with Gasteiger partial charge in [0.1, 0.15) is 18.0 Å². The molecule has 0 fully saturated rings. The standard InChI is InChI=1S/C43H40N6O3/c1-3-16-39-44-40(38(29-50)48(39)4-2)42(51)52-30-31-25-27-32(28-26-31)36-23-14-15-24-37(36)41-45-46-47-49(41)43(33-17-8-5-9-18-33,34-19-10-6-11-20-34)35-21-12-7-13-22-35/h5-15,17-28,50H,3-4,16,29-30H2,1-2H3. The summed E-state index contributed by atoms with van der Waals surface area (Å²) < 4.78 is 9.53. The molecule has 2 aromatic heterocycles. The first kappa shape index (κ1) is 34.3. The zero-order valence-electron chi connectivity index (χ0n) is 29.3. The van der Waals surface area contributed by atoms with E-state index in [1.165, 1.54) is 0 Å². The highest BCUT2D eigenvalue weighted by Crippen LogP contribution is 2.43. The second-order valence-corrected chi connectivity index (χ2v) is 12.5. The number of benzene rings is 5. The van der Waals surface area contributed by atoms with Gasteiger partial charge < -0.3 is 14.4 Å². The Hall–Kier alpha value is -6.19. The van der Waals surface area contributed by atoms with Gasteiger partial charge in [-0.1, -0.05) is 146 Å². The molecule has 260 valence electrons. The van der Waals surface area contributed by atoms with E-state index in [2.05, 4.69) is 64.7 Å². The van der Waals surface area contributed by atoms with Gasteiger partial charge in [-0.25, -0.2) is 14.5 Å². The van der Waals surface area contributed by atoms with E-state index in [1.807, 2.05) is 113 Å². The third-order valence-corrected chi connectivity index (χ3v) is 9.45. The van der Waals surface area contributed by atoms with Gasteiger partial charge in [-0.15, -0.1) is 5.10 Å². The van der Waals surface area contributed by atoms with Crippen molar-refractivity contribution >= 4 is 5.97 Å². The van der Waals surface area contributed by atoms with Crippen molar-refractivity contribution in [3.05, 3.63) is 179 Å². The molecule has 7 rings (SSSR count). The number of carbonyl (C=O) groups excluding carboxylic acids is 1. The Morgan fingerprint density at radius 2 is 1.29 bits per heavy atom. The summed E-state index contributed by atoms with van der Waals surface area (Å²) in [5.41, 5.74) is 6.43. The predicted molar refractivity (Wildman–Crippen MR) is 200 cm³/mol. The van der Waals surface area contributed by atoms with E-state index in [0.717, 1.165) is 57.6 Å². The zero-order valence-corrected chi connectivity index (χ0v) is 29.3. The van der Waals surface area contributed by atoms with Crippen LogP contribution < -0.4 is 0 Å². The van der Waals surface area contributed by atoms with E-state index < -0.39 is 11.5 Å². The minimum atomic E-state index is -0.885. The minimum Gasteiger partial charge on any atom is -0.456 e. The Labute approximate surface area is 303 Å². The highest BCUT2D eigenvalue weighted by Gasteiger charge is 2.42. The number of hydrogen-bond donors (Lipinski definition) is 1. The van der Waals surface area contributed by atoms with Gasteiger partial charge in [0.05, 0.1) is 12.3 Å². The van der Waals surface area contributed by atoms with Crippen LogP contribution in [0.1, 0.15) is 64.5 Å². The molecule has 0 bridgehead atoms. The molecular formula is C43H40N6O3. The topological polar surface area (TPSA) is 108 Å². The van der Waals surface area contributed by atoms with Crippen LogP contribution in [-0.4, -0.2) is 40.8 Å². The second kappa shape index (κ2) is 15.4. The molecule has 9 heteroatoms. The Morgan fingerprint density at radius 1 is 0.731 bits per heavy atom. The first-order valence-electron chi connectivity index (χ1n) is 17.6. The Kier molecular flexibility index (Phi) is 10.1. The highest BCUT2D eigenvalue weighted by atomic mass is 16.5. The largest absolute Gasteiger partial charge is 0.456 e. The van der Waals surface area contributed by atoms with Gasteiger partial charge in [-0.05, 0) is 57.2 Å². The van der Waals surface area contributed by atoms with Crippen molar-refractivity contribution in [1.82, 2.24) is 29.8 Å². The molecule has 5 aromatic carbocycles. The smallest absolute Gasteiger partial charge is 0.359 e. The lowest BCUT2D eigenvalue weighted by atomic mass is 9.77. The lowest BCUT2D eigenvalue weighted by Gasteiger charge is -2.36. The minimum absolute atomic E-state index is 0.0692. The Balaban J connectivity index is 1.24. The van der Waals surface area contributed by atoms with Crippen molar-refractivity contribution in [3.8, 4) is 22.5 Å². The molecule has 0 saturated heterocycles. The lowest BCUT2D eigenvalue weighted by Crippen LogP contribution is -2.39. The van der Waals surface area contributed by atoms with Crippen LogP contribution in [0.2, 0.25) is 0 Å². The molecule has 1 N–H and O–H groups in total. The maximum atomic E-state index is 13.1. The number of aromatic nitrogens is 6. The average molecular weight is 689 g/mol. The van der Waals surface area contributed by atoms with E-state index in [9.17, 15) is 9.90 Å². The van der Waals surface area contributed by atoms with E-state index in [0.29, 0.717) is 18.1 Å². The molecule has 0 unspecified atom stereocenters. The van der Waals surface area contributed by atoms with Crippen LogP contribution in [0.15, 0.2) is 140 Å². The summed E-state index contributed by atoms with van der Waals surface area (Å²) in [6, 6.07) is 47.0. The average Bonchev–Trinajstić information content (AvgIpc) is 3.84. The first-order valence-corrected chi connectivity index (χ1v) is 17.6. The number of aryl methyl sites for hydroxylation is 1. The molecule has 0 aliphatic heterocycles. The number of carbonyl (C=O) groups is 1. The summed E-state index contributed by atoms with van der Waals surface area (Å²) in [5.74, 6) is 0.844. The summed E-state index contributed by atoms with van der Waals surface area (Å²) in [4.78, 5) is 17.7. The van der Waals surface area contributed by atoms with E-state index in [-0.39, 0.29) is 18.9 Å². The molecule has 0 amide bonds. The van der Waals surface area contributed by atoms with Crippen LogP contribution >= 0.6 is 0 Å². The summed E-state index contributed by atoms with van der Waals surface area (Å²) in [6.07, 6.45) is 1.60. The van der Waals surface area contributed by atoms with Crippen LogP contribution in [0.25, 0.3) is 22.5 Å². The first-order chi connectivity index (χ1) is 25.6. The summed E-state index contributed by atoms with van der Waals surface area (Å²) in [7, 11) is 0. The number of imidazole rings is 1. The van der Waals surface area contributed by atoms with Gasteiger partial charge in [0, 0.05) is 18.5 Å². The number of hydrogen-bond acceptors (Lipinski definition) is 7. The molecule has 0 radical (unpaired) electrons. The third-order valence-electron chi connectivity index (χ3n) is 9.45. The van der Waals surface area contributed by atoms with Crippen molar-refractivity contribution in [2.75, 3.05) is 0 Å². The number of rotatable bonds is 13. The number of aliphatic hydroxyl groups excluding tert-OH is 1. The number of nitrogens with zero attached hydrogens (tertiary/aromatic N) is 6. The van der Waals surface area contributed by atoms with E-state index >= 15 is 0 Å². The van der Waals surface area contributed by atoms with Crippen molar-refractivity contribution in [3.63, 3.8) is 0 Å². The fourth-order valence-electron chi connectivity index (χ4n) is 7.06. The van der Waals surface area contributed by atoms with Crippen molar-refractivity contribution in [1.29, 1.82) is 0 Å². The maximum absolute atomic E-state index is 13.1. The summed E-state index contributed by atoms with van der Waals surface area (Å²) in [5, 5.41) is 23.7. The molecule has 0 spiro atoms. The fraction of sp³-hybridized carbons (Fsp3) is 0.186. The van der Waals surface area contributed by atoms with E-state index in [1.54, 1.807) is 0 Å². The van der Waals surface area contributed by atoms with Crippen LogP contribution in [0, 0.1) is 0 Å². The molecule has 0 aliphatic carbocycles. The van der Waals surface area contributed by atoms with Crippen LogP contribution in [-0.2, 0) is 36.5 Å². The number of tetrazole rings is 1. The highest BCUT2D eigenvalue weighted by molar-refractivity contribution is 5.88. The number of aliphatic hydroxyl groups is 1. The monoisotopic (exact) mass is 688 g/mol. The Bertz CT molecular complexity index is 2150. The molecule has 9 nitrogen and oxygen atoms in total. The van der Waals surface area contributed by atoms with Crippen molar-refractivity contribution in [2.24, 2.45) is 0 Å². The molecule has 7 aromatic rings. The van der Waals surface area contributed by atoms with Gasteiger partial charge in [0.2, 0.25) is 0 Å². The SMILES string of the molecule is CCCc1nc(C(=O)OCc2ccc(-c3ccccc3-c3nnnn3C(c3ccccc3)(c3ccccc3)c3ccccc3)cc2)c(CO)n1CC. The predicted octanol–water partition coefficient (Wildman–Crippen LogP) is 7.87. The molecule has 0 aliphatic rings. The number of esters is 1. The molecular weight excluding hydrogens is 649 g/mol. The molecule has 52 heavy (non-hydrogen) atoms. The quantitative estimate of drug-likeness (QED) is 0.0971. The van der Waals surface area contributed by atoms with Gasteiger partial charge in [-0.2, -0.15) is 0 Å². The summed E-state index contributed by atoms with van der Waals surface area (Å²) in [6.45, 7) is 4.44. The normalized spacial score (nSPS) is 11.4. The summed E-state index contributed by atoms with van der Waals surface area (Å²) >= 11 is 0. The van der Waals surface area contributed by atoms with Crippen LogP contribution in [0.3, 0.4) is 0 Å².